The number of ether oxygens (including phenoxy) is 1. The molecule has 3 aromatic carbocycles. The number of aromatic hydroxyl groups is 1. The summed E-state index contributed by atoms with van der Waals surface area (Å²) in [6, 6.07) is 9.01. The molecule has 1 aliphatic carbocycles. The number of fused-ring (bicyclic) bond motifs is 4. The lowest BCUT2D eigenvalue weighted by molar-refractivity contribution is 0.0728. The largest absolute Gasteiger partial charge is 0.508 e. The first kappa shape index (κ1) is 28.8. The van der Waals surface area contributed by atoms with Crippen molar-refractivity contribution in [3.8, 4) is 22.9 Å². The van der Waals surface area contributed by atoms with E-state index < -0.39 is 17.5 Å². The van der Waals surface area contributed by atoms with Crippen molar-refractivity contribution in [3.63, 3.8) is 0 Å². The van der Waals surface area contributed by atoms with E-state index in [1.807, 2.05) is 0 Å². The molecule has 4 fully saturated rings. The average molecular weight is 619 g/mol. The van der Waals surface area contributed by atoms with E-state index in [0.717, 1.165) is 77.6 Å². The number of nitrogens with one attached hydrogen (secondary N) is 1. The summed E-state index contributed by atoms with van der Waals surface area (Å²) in [4.78, 5) is 16.5. The second-order valence-corrected chi connectivity index (χ2v) is 13.6. The molecule has 2 atom stereocenters. The van der Waals surface area contributed by atoms with Gasteiger partial charge in [0, 0.05) is 66.6 Å². The summed E-state index contributed by atoms with van der Waals surface area (Å²) < 4.78 is 52.5. The van der Waals surface area contributed by atoms with Gasteiger partial charge < -0.3 is 20.1 Å². The van der Waals surface area contributed by atoms with E-state index in [1.54, 1.807) is 6.07 Å². The first-order valence-corrected chi connectivity index (χ1v) is 15.9. The van der Waals surface area contributed by atoms with Crippen LogP contribution in [0.25, 0.3) is 32.8 Å². The van der Waals surface area contributed by atoms with Crippen molar-refractivity contribution >= 4 is 27.5 Å². The number of piperazine rings is 1. The van der Waals surface area contributed by atoms with Crippen LogP contribution >= 0.6 is 0 Å². The number of phenolic OH excluding ortho intramolecular Hbond substituents is 1. The highest BCUT2D eigenvalue weighted by molar-refractivity contribution is 6.01. The second-order valence-electron chi connectivity index (χ2n) is 13.6. The van der Waals surface area contributed by atoms with Gasteiger partial charge in [-0.3, -0.25) is 9.80 Å². The lowest BCUT2D eigenvalue weighted by Gasteiger charge is -2.35. The summed E-state index contributed by atoms with van der Waals surface area (Å²) in [5, 5.41) is 14.8. The number of rotatable bonds is 7. The molecule has 2 unspecified atom stereocenters. The van der Waals surface area contributed by atoms with Crippen molar-refractivity contribution in [2.45, 2.75) is 44.2 Å². The molecule has 8 rings (SSSR count). The molecule has 2 N–H and O–H groups in total. The SMILES string of the molecule is CN1CCCN(CC2(COc3nc(N4CC5CCC(C4)N5)c4ccc(-c5cc(O)cc6ccc(F)c(F)c56)c(F)c4n3)CC2)C1. The van der Waals surface area contributed by atoms with Crippen molar-refractivity contribution in [1.82, 2.24) is 25.1 Å². The Hall–Kier alpha value is -3.67. The quantitative estimate of drug-likeness (QED) is 0.290. The standard InChI is InChI=1S/C34H37F3N6O2/c1-41-11-2-12-42(19-41)17-34(9-10-34)18-45-33-39-31-25(32(40-33)43-15-21-4-5-22(16-43)38-21)7-6-24(29(31)36)26-14-23(44)13-20-3-8-27(35)30(37)28(20)26/h3,6-8,13-14,21-22,38,44H,2,4-5,9-12,15-19H2,1H3. The number of anilines is 1. The van der Waals surface area contributed by atoms with Gasteiger partial charge in [0.05, 0.1) is 13.3 Å². The number of aromatic nitrogens is 2. The van der Waals surface area contributed by atoms with Crippen molar-refractivity contribution in [3.05, 3.63) is 53.8 Å². The zero-order valence-electron chi connectivity index (χ0n) is 25.3. The highest BCUT2D eigenvalue weighted by Gasteiger charge is 2.45. The Bertz CT molecular complexity index is 1790. The molecule has 0 radical (unpaired) electrons. The first-order valence-electron chi connectivity index (χ1n) is 15.9. The molecule has 45 heavy (non-hydrogen) atoms. The number of benzene rings is 3. The molecule has 1 aromatic heterocycles. The predicted octanol–water partition coefficient (Wildman–Crippen LogP) is 5.27. The van der Waals surface area contributed by atoms with Gasteiger partial charge in [0.15, 0.2) is 17.5 Å². The van der Waals surface area contributed by atoms with E-state index in [0.29, 0.717) is 29.9 Å². The summed E-state index contributed by atoms with van der Waals surface area (Å²) in [5.74, 6) is -2.41. The highest BCUT2D eigenvalue weighted by Crippen LogP contribution is 2.47. The van der Waals surface area contributed by atoms with Gasteiger partial charge in [-0.15, -0.1) is 0 Å². The fourth-order valence-corrected chi connectivity index (χ4v) is 7.60. The van der Waals surface area contributed by atoms with Gasteiger partial charge in [-0.25, -0.2) is 13.2 Å². The van der Waals surface area contributed by atoms with Crippen LogP contribution in [-0.4, -0.2) is 90.0 Å². The van der Waals surface area contributed by atoms with Gasteiger partial charge in [0.1, 0.15) is 17.1 Å². The number of halogens is 3. The van der Waals surface area contributed by atoms with Crippen molar-refractivity contribution in [1.29, 1.82) is 0 Å². The topological polar surface area (TPSA) is 77.0 Å². The maximum Gasteiger partial charge on any atom is 0.319 e. The molecule has 4 heterocycles. The van der Waals surface area contributed by atoms with Crippen molar-refractivity contribution < 1.29 is 23.0 Å². The second kappa shape index (κ2) is 11.0. The average Bonchev–Trinajstić information content (AvgIpc) is 3.71. The van der Waals surface area contributed by atoms with Gasteiger partial charge in [0.2, 0.25) is 0 Å². The lowest BCUT2D eigenvalue weighted by Crippen LogP contribution is -2.51. The van der Waals surface area contributed by atoms with Crippen molar-refractivity contribution in [2.24, 2.45) is 5.41 Å². The number of nitrogens with zero attached hydrogens (tertiary/aromatic N) is 5. The minimum Gasteiger partial charge on any atom is -0.508 e. The monoisotopic (exact) mass is 618 g/mol. The van der Waals surface area contributed by atoms with Crippen LogP contribution in [-0.2, 0) is 0 Å². The zero-order valence-corrected chi connectivity index (χ0v) is 25.3. The van der Waals surface area contributed by atoms with E-state index >= 15 is 8.78 Å². The van der Waals surface area contributed by atoms with Crippen LogP contribution in [0.1, 0.15) is 32.1 Å². The summed E-state index contributed by atoms with van der Waals surface area (Å²) in [6.07, 6.45) is 5.41. The highest BCUT2D eigenvalue weighted by atomic mass is 19.2. The molecular formula is C34H37F3N6O2. The number of phenols is 1. The predicted molar refractivity (Wildman–Crippen MR) is 167 cm³/mol. The molecule has 1 saturated carbocycles. The van der Waals surface area contributed by atoms with Crippen LogP contribution in [0.4, 0.5) is 19.0 Å². The van der Waals surface area contributed by atoms with Crippen LogP contribution in [0.15, 0.2) is 36.4 Å². The first-order chi connectivity index (χ1) is 21.7. The van der Waals surface area contributed by atoms with Crippen LogP contribution in [0.5, 0.6) is 11.8 Å². The lowest BCUT2D eigenvalue weighted by atomic mass is 9.95. The molecule has 11 heteroatoms. The summed E-state index contributed by atoms with van der Waals surface area (Å²) in [6.45, 7) is 5.95. The molecular weight excluding hydrogens is 581 g/mol. The van der Waals surface area contributed by atoms with E-state index in [4.69, 9.17) is 9.72 Å². The Labute approximate surface area is 259 Å². The molecule has 0 spiro atoms. The van der Waals surface area contributed by atoms with Gasteiger partial charge in [-0.1, -0.05) is 12.1 Å². The fraction of sp³-hybridized carbons (Fsp3) is 0.471. The van der Waals surface area contributed by atoms with Crippen LogP contribution < -0.4 is 15.0 Å². The minimum absolute atomic E-state index is 0.0109. The Balaban J connectivity index is 1.20. The van der Waals surface area contributed by atoms with E-state index in [2.05, 4.69) is 32.0 Å². The van der Waals surface area contributed by atoms with E-state index in [1.165, 1.54) is 24.3 Å². The number of hydrogen-bond acceptors (Lipinski definition) is 8. The summed E-state index contributed by atoms with van der Waals surface area (Å²) >= 11 is 0. The van der Waals surface area contributed by atoms with E-state index in [9.17, 15) is 9.50 Å². The third-order valence-corrected chi connectivity index (χ3v) is 10.0. The Morgan fingerprint density at radius 1 is 0.978 bits per heavy atom. The Morgan fingerprint density at radius 2 is 1.78 bits per heavy atom. The smallest absolute Gasteiger partial charge is 0.319 e. The van der Waals surface area contributed by atoms with Gasteiger partial charge in [-0.2, -0.15) is 9.97 Å². The zero-order chi connectivity index (χ0) is 30.9. The molecule has 4 aliphatic rings. The van der Waals surface area contributed by atoms with E-state index in [-0.39, 0.29) is 44.6 Å². The molecule has 0 amide bonds. The number of hydrogen-bond donors (Lipinski definition) is 2. The van der Waals surface area contributed by atoms with Crippen LogP contribution in [0.2, 0.25) is 0 Å². The molecule has 3 aliphatic heterocycles. The van der Waals surface area contributed by atoms with Gasteiger partial charge in [0.25, 0.3) is 0 Å². The summed E-state index contributed by atoms with van der Waals surface area (Å²) in [5.41, 5.74) is 0.131. The molecule has 236 valence electrons. The third kappa shape index (κ3) is 5.34. The third-order valence-electron chi connectivity index (χ3n) is 10.0. The maximum atomic E-state index is 16.7. The maximum absolute atomic E-state index is 16.7. The van der Waals surface area contributed by atoms with Crippen LogP contribution in [0, 0.1) is 22.9 Å². The normalized spacial score (nSPS) is 23.2. The molecule has 3 saturated heterocycles. The Kier molecular flexibility index (Phi) is 7.03. The van der Waals surface area contributed by atoms with Crippen LogP contribution in [0.3, 0.4) is 0 Å². The van der Waals surface area contributed by atoms with Crippen molar-refractivity contribution in [2.75, 3.05) is 57.9 Å². The minimum atomic E-state index is -1.10. The summed E-state index contributed by atoms with van der Waals surface area (Å²) in [7, 11) is 2.14. The Morgan fingerprint density at radius 3 is 2.53 bits per heavy atom. The fourth-order valence-electron chi connectivity index (χ4n) is 7.60. The van der Waals surface area contributed by atoms with Gasteiger partial charge >= 0.3 is 6.01 Å². The van der Waals surface area contributed by atoms with Gasteiger partial charge in [-0.05, 0) is 74.4 Å². The molecule has 2 bridgehead atoms. The molecule has 8 nitrogen and oxygen atoms in total. The molecule has 4 aromatic rings.